The van der Waals surface area contributed by atoms with Gasteiger partial charge >= 0.3 is 0 Å². The highest BCUT2D eigenvalue weighted by Crippen LogP contribution is 2.29. The number of anilines is 1. The first-order valence-corrected chi connectivity index (χ1v) is 6.23. The zero-order chi connectivity index (χ0) is 13.7. The molecular weight excluding hydrogens is 258 g/mol. The molecule has 0 atom stereocenters. The van der Waals surface area contributed by atoms with E-state index in [1.165, 1.54) is 11.8 Å². The van der Waals surface area contributed by atoms with Crippen LogP contribution in [0.1, 0.15) is 6.92 Å². The third-order valence-electron chi connectivity index (χ3n) is 2.27. The van der Waals surface area contributed by atoms with Crippen molar-refractivity contribution in [2.24, 2.45) is 10.1 Å². The average Bonchev–Trinajstić information content (AvgIpc) is 2.80. The Labute approximate surface area is 115 Å². The number of aliphatic imine (C=N–C) groups is 1. The first-order valence-electron chi connectivity index (χ1n) is 5.41. The molecule has 0 saturated heterocycles. The molecule has 1 heterocycles. The topological polar surface area (TPSA) is 84.3 Å². The maximum Gasteiger partial charge on any atom is 0.162 e. The van der Waals surface area contributed by atoms with E-state index in [0.29, 0.717) is 15.8 Å². The molecule has 1 aromatic rings. The highest BCUT2D eigenvalue weighted by Gasteiger charge is 2.20. The van der Waals surface area contributed by atoms with Crippen LogP contribution in [0.4, 0.5) is 5.69 Å². The largest absolute Gasteiger partial charge is 0.277 e. The molecule has 0 spiro atoms. The van der Waals surface area contributed by atoms with Crippen LogP contribution < -0.4 is 5.43 Å². The Morgan fingerprint density at radius 3 is 2.58 bits per heavy atom. The van der Waals surface area contributed by atoms with E-state index >= 15 is 0 Å². The van der Waals surface area contributed by atoms with E-state index in [-0.39, 0.29) is 5.57 Å². The van der Waals surface area contributed by atoms with Gasteiger partial charge in [0.2, 0.25) is 0 Å². The third-order valence-corrected chi connectivity index (χ3v) is 3.34. The Balaban J connectivity index is 2.18. The minimum Gasteiger partial charge on any atom is -0.277 e. The predicted molar refractivity (Wildman–Crippen MR) is 76.5 cm³/mol. The van der Waals surface area contributed by atoms with E-state index in [4.69, 9.17) is 10.5 Å². The van der Waals surface area contributed by atoms with Gasteiger partial charge in [-0.15, -0.1) is 0 Å². The van der Waals surface area contributed by atoms with Crippen LogP contribution in [0, 0.1) is 22.7 Å². The maximum atomic E-state index is 8.80. The van der Waals surface area contributed by atoms with Crippen molar-refractivity contribution in [1.82, 2.24) is 0 Å². The third kappa shape index (κ3) is 3.01. The van der Waals surface area contributed by atoms with Gasteiger partial charge in [-0.1, -0.05) is 18.2 Å². The zero-order valence-corrected chi connectivity index (χ0v) is 10.9. The molecule has 92 valence electrons. The highest BCUT2D eigenvalue weighted by molar-refractivity contribution is 8.19. The van der Waals surface area contributed by atoms with Crippen LogP contribution in [0.2, 0.25) is 0 Å². The van der Waals surface area contributed by atoms with E-state index in [2.05, 4.69) is 15.5 Å². The molecule has 2 rings (SSSR count). The quantitative estimate of drug-likeness (QED) is 0.659. The molecule has 0 aliphatic carbocycles. The normalized spacial score (nSPS) is 15.6. The molecule has 1 aliphatic heterocycles. The van der Waals surface area contributed by atoms with Crippen LogP contribution >= 0.6 is 11.8 Å². The van der Waals surface area contributed by atoms with Crippen molar-refractivity contribution >= 4 is 28.2 Å². The number of allylic oxidation sites excluding steroid dienone is 1. The Kier molecular flexibility index (Phi) is 3.97. The van der Waals surface area contributed by atoms with Crippen molar-refractivity contribution in [3.8, 4) is 12.1 Å². The molecule has 0 aromatic heterocycles. The number of nitriles is 2. The Morgan fingerprint density at radius 1 is 1.26 bits per heavy atom. The van der Waals surface area contributed by atoms with Gasteiger partial charge in [0.05, 0.1) is 11.4 Å². The molecule has 0 saturated carbocycles. The van der Waals surface area contributed by atoms with E-state index in [1.807, 2.05) is 42.5 Å². The van der Waals surface area contributed by atoms with E-state index in [1.54, 1.807) is 6.92 Å². The molecule has 0 radical (unpaired) electrons. The van der Waals surface area contributed by atoms with Gasteiger partial charge in [0.15, 0.2) is 5.57 Å². The number of benzene rings is 1. The number of hydrogen-bond donors (Lipinski definition) is 1. The number of rotatable bonds is 2. The molecule has 1 N–H and O–H groups in total. The lowest BCUT2D eigenvalue weighted by atomic mass is 10.3. The van der Waals surface area contributed by atoms with Gasteiger partial charge in [-0.2, -0.15) is 15.6 Å². The summed E-state index contributed by atoms with van der Waals surface area (Å²) in [6.45, 7) is 1.79. The van der Waals surface area contributed by atoms with Crippen molar-refractivity contribution in [1.29, 1.82) is 10.5 Å². The van der Waals surface area contributed by atoms with E-state index < -0.39 is 0 Å². The smallest absolute Gasteiger partial charge is 0.162 e. The fourth-order valence-corrected chi connectivity index (χ4v) is 2.19. The van der Waals surface area contributed by atoms with Gasteiger partial charge in [0, 0.05) is 0 Å². The first-order chi connectivity index (χ1) is 9.24. The van der Waals surface area contributed by atoms with Gasteiger partial charge in [-0.05, 0) is 30.8 Å². The molecule has 19 heavy (non-hydrogen) atoms. The minimum absolute atomic E-state index is 0.00858. The number of hydrogen-bond acceptors (Lipinski definition) is 6. The summed E-state index contributed by atoms with van der Waals surface area (Å²) < 4.78 is 0. The van der Waals surface area contributed by atoms with Crippen LogP contribution in [-0.2, 0) is 0 Å². The fourth-order valence-electron chi connectivity index (χ4n) is 1.35. The summed E-state index contributed by atoms with van der Waals surface area (Å²) in [7, 11) is 0. The van der Waals surface area contributed by atoms with Gasteiger partial charge in [0.25, 0.3) is 0 Å². The SMILES string of the molecule is CC1=NC(=C(C#N)C#N)S/C1=N\Nc1ccccc1. The van der Waals surface area contributed by atoms with E-state index in [0.717, 1.165) is 5.69 Å². The molecule has 1 aliphatic rings. The number of nitrogens with zero attached hydrogens (tertiary/aromatic N) is 4. The molecule has 6 heteroatoms. The van der Waals surface area contributed by atoms with Crippen LogP contribution in [0.15, 0.2) is 51.0 Å². The minimum atomic E-state index is 0.00858. The van der Waals surface area contributed by atoms with Crippen molar-refractivity contribution in [2.45, 2.75) is 6.92 Å². The second-order valence-electron chi connectivity index (χ2n) is 3.60. The summed E-state index contributed by atoms with van der Waals surface area (Å²) in [6, 6.07) is 13.2. The second kappa shape index (κ2) is 5.85. The summed E-state index contributed by atoms with van der Waals surface area (Å²) in [5.41, 5.74) is 4.47. The van der Waals surface area contributed by atoms with Crippen molar-refractivity contribution < 1.29 is 0 Å². The second-order valence-corrected chi connectivity index (χ2v) is 4.58. The molecule has 0 bridgehead atoms. The number of nitrogens with one attached hydrogen (secondary N) is 1. The molecule has 0 fully saturated rings. The number of para-hydroxylation sites is 1. The lowest BCUT2D eigenvalue weighted by Gasteiger charge is -2.00. The Morgan fingerprint density at radius 2 is 1.95 bits per heavy atom. The van der Waals surface area contributed by atoms with Crippen LogP contribution in [0.5, 0.6) is 0 Å². The standard InChI is InChI=1S/C13H9N5S/c1-9-12(18-17-11-5-3-2-4-6-11)19-13(16-9)10(7-14)8-15/h2-6,17H,1H3/b18-12-. The molecule has 0 amide bonds. The van der Waals surface area contributed by atoms with Crippen molar-refractivity contribution in [2.75, 3.05) is 5.43 Å². The number of hydrazone groups is 1. The van der Waals surface area contributed by atoms with Gasteiger partial charge in [0.1, 0.15) is 22.2 Å². The van der Waals surface area contributed by atoms with Gasteiger partial charge in [-0.3, -0.25) is 5.43 Å². The summed E-state index contributed by atoms with van der Waals surface area (Å²) in [6.07, 6.45) is 0. The highest BCUT2D eigenvalue weighted by atomic mass is 32.2. The summed E-state index contributed by atoms with van der Waals surface area (Å²) in [5.74, 6) is 0. The summed E-state index contributed by atoms with van der Waals surface area (Å²) in [4.78, 5) is 4.17. The van der Waals surface area contributed by atoms with Gasteiger partial charge in [-0.25, -0.2) is 4.99 Å². The van der Waals surface area contributed by atoms with Crippen LogP contribution in [0.25, 0.3) is 0 Å². The molecule has 1 aromatic carbocycles. The predicted octanol–water partition coefficient (Wildman–Crippen LogP) is 2.88. The molecular formula is C13H9N5S. The average molecular weight is 267 g/mol. The van der Waals surface area contributed by atoms with Crippen LogP contribution in [0.3, 0.4) is 0 Å². The lowest BCUT2D eigenvalue weighted by Crippen LogP contribution is -2.03. The Bertz CT molecular complexity index is 643. The lowest BCUT2D eigenvalue weighted by molar-refractivity contribution is 1.35. The summed E-state index contributed by atoms with van der Waals surface area (Å²) in [5, 5.41) is 22.9. The summed E-state index contributed by atoms with van der Waals surface area (Å²) >= 11 is 1.21. The maximum absolute atomic E-state index is 8.80. The zero-order valence-electron chi connectivity index (χ0n) is 10.1. The monoisotopic (exact) mass is 267 g/mol. The molecule has 0 unspecified atom stereocenters. The fraction of sp³-hybridized carbons (Fsp3) is 0.0769. The van der Waals surface area contributed by atoms with Crippen molar-refractivity contribution in [3.63, 3.8) is 0 Å². The molecule has 5 nitrogen and oxygen atoms in total. The van der Waals surface area contributed by atoms with E-state index in [9.17, 15) is 0 Å². The van der Waals surface area contributed by atoms with Gasteiger partial charge < -0.3 is 0 Å². The van der Waals surface area contributed by atoms with Crippen LogP contribution in [-0.4, -0.2) is 10.8 Å². The van der Waals surface area contributed by atoms with Crippen molar-refractivity contribution in [3.05, 3.63) is 40.9 Å². The Hall–Kier alpha value is -2.57. The number of thioether (sulfide) groups is 1. The first kappa shape index (κ1) is 12.9.